The SMILES string of the molecule is CCCC(NC)C1CCC(C)(C)CC1. The second-order valence-electron chi connectivity index (χ2n) is 5.69. The van der Waals surface area contributed by atoms with Gasteiger partial charge in [-0.15, -0.1) is 0 Å². The molecule has 1 N–H and O–H groups in total. The van der Waals surface area contributed by atoms with Gasteiger partial charge in [-0.25, -0.2) is 0 Å². The van der Waals surface area contributed by atoms with Crippen molar-refractivity contribution in [3.63, 3.8) is 0 Å². The van der Waals surface area contributed by atoms with E-state index in [4.69, 9.17) is 0 Å². The molecule has 0 aromatic heterocycles. The lowest BCUT2D eigenvalue weighted by Crippen LogP contribution is -2.37. The maximum Gasteiger partial charge on any atom is 0.00922 e. The van der Waals surface area contributed by atoms with E-state index < -0.39 is 0 Å². The first-order chi connectivity index (χ1) is 6.59. The molecule has 0 aromatic rings. The molecule has 1 aliphatic carbocycles. The van der Waals surface area contributed by atoms with Crippen LogP contribution in [-0.2, 0) is 0 Å². The molecule has 1 fully saturated rings. The number of hydrogen-bond acceptors (Lipinski definition) is 1. The van der Waals surface area contributed by atoms with Crippen LogP contribution in [0.3, 0.4) is 0 Å². The topological polar surface area (TPSA) is 12.0 Å². The molecule has 1 nitrogen and oxygen atoms in total. The lowest BCUT2D eigenvalue weighted by atomic mass is 9.70. The molecule has 0 amide bonds. The zero-order valence-electron chi connectivity index (χ0n) is 10.4. The van der Waals surface area contributed by atoms with E-state index in [0.29, 0.717) is 5.41 Å². The van der Waals surface area contributed by atoms with E-state index in [1.54, 1.807) is 0 Å². The Kier molecular flexibility index (Phi) is 4.43. The van der Waals surface area contributed by atoms with Crippen LogP contribution in [0.15, 0.2) is 0 Å². The van der Waals surface area contributed by atoms with Gasteiger partial charge >= 0.3 is 0 Å². The standard InChI is InChI=1S/C13H27N/c1-5-6-12(14-4)11-7-9-13(2,3)10-8-11/h11-12,14H,5-10H2,1-4H3. The van der Waals surface area contributed by atoms with E-state index in [2.05, 4.69) is 33.1 Å². The summed E-state index contributed by atoms with van der Waals surface area (Å²) in [6, 6.07) is 0.774. The molecule has 1 aliphatic rings. The summed E-state index contributed by atoms with van der Waals surface area (Å²) < 4.78 is 0. The van der Waals surface area contributed by atoms with Crippen LogP contribution in [0.5, 0.6) is 0 Å². The van der Waals surface area contributed by atoms with Gasteiger partial charge < -0.3 is 5.32 Å². The lowest BCUT2D eigenvalue weighted by molar-refractivity contribution is 0.160. The molecule has 0 heterocycles. The highest BCUT2D eigenvalue weighted by atomic mass is 14.9. The normalized spacial score (nSPS) is 24.9. The fraction of sp³-hybridized carbons (Fsp3) is 1.00. The molecule has 84 valence electrons. The number of nitrogens with one attached hydrogen (secondary N) is 1. The Morgan fingerprint density at radius 1 is 1.29 bits per heavy atom. The summed E-state index contributed by atoms with van der Waals surface area (Å²) in [5, 5.41) is 3.50. The predicted molar refractivity (Wildman–Crippen MR) is 63.5 cm³/mol. The van der Waals surface area contributed by atoms with Gasteiger partial charge in [-0.05, 0) is 50.5 Å². The second-order valence-corrected chi connectivity index (χ2v) is 5.69. The maximum atomic E-state index is 3.50. The molecule has 1 atom stereocenters. The van der Waals surface area contributed by atoms with Crippen molar-refractivity contribution >= 4 is 0 Å². The Morgan fingerprint density at radius 2 is 1.86 bits per heavy atom. The van der Waals surface area contributed by atoms with E-state index in [0.717, 1.165) is 12.0 Å². The van der Waals surface area contributed by atoms with Crippen molar-refractivity contribution in [1.29, 1.82) is 0 Å². The Balaban J connectivity index is 2.39. The van der Waals surface area contributed by atoms with Crippen molar-refractivity contribution in [2.24, 2.45) is 11.3 Å². The monoisotopic (exact) mass is 197 g/mol. The van der Waals surface area contributed by atoms with Crippen molar-refractivity contribution in [1.82, 2.24) is 5.32 Å². The van der Waals surface area contributed by atoms with Gasteiger partial charge in [0.05, 0.1) is 0 Å². The maximum absolute atomic E-state index is 3.50. The van der Waals surface area contributed by atoms with Crippen LogP contribution in [0.4, 0.5) is 0 Å². The Labute approximate surface area is 89.7 Å². The van der Waals surface area contributed by atoms with Crippen molar-refractivity contribution in [2.45, 2.75) is 65.3 Å². The van der Waals surface area contributed by atoms with Gasteiger partial charge in [-0.2, -0.15) is 0 Å². The van der Waals surface area contributed by atoms with Crippen LogP contribution < -0.4 is 5.32 Å². The highest BCUT2D eigenvalue weighted by Crippen LogP contribution is 2.39. The molecule has 1 rings (SSSR count). The van der Waals surface area contributed by atoms with Gasteiger partial charge in [-0.3, -0.25) is 0 Å². The average Bonchev–Trinajstić information content (AvgIpc) is 2.15. The van der Waals surface area contributed by atoms with Gasteiger partial charge in [0.1, 0.15) is 0 Å². The third-order valence-corrected chi connectivity index (χ3v) is 3.92. The molecule has 1 heteroatoms. The van der Waals surface area contributed by atoms with Crippen LogP contribution in [-0.4, -0.2) is 13.1 Å². The molecule has 1 saturated carbocycles. The predicted octanol–water partition coefficient (Wildman–Crippen LogP) is 3.59. The van der Waals surface area contributed by atoms with E-state index in [1.165, 1.54) is 38.5 Å². The lowest BCUT2D eigenvalue weighted by Gasteiger charge is -2.38. The zero-order chi connectivity index (χ0) is 10.6. The van der Waals surface area contributed by atoms with Crippen LogP contribution >= 0.6 is 0 Å². The molecule has 1 unspecified atom stereocenters. The summed E-state index contributed by atoms with van der Waals surface area (Å²) in [7, 11) is 2.13. The van der Waals surface area contributed by atoms with E-state index >= 15 is 0 Å². The summed E-state index contributed by atoms with van der Waals surface area (Å²) in [5.41, 5.74) is 0.612. The first-order valence-electron chi connectivity index (χ1n) is 6.26. The second kappa shape index (κ2) is 5.16. The smallest absolute Gasteiger partial charge is 0.00922 e. The van der Waals surface area contributed by atoms with Crippen LogP contribution in [0.2, 0.25) is 0 Å². The third kappa shape index (κ3) is 3.27. The Bertz CT molecular complexity index is 153. The molecule has 14 heavy (non-hydrogen) atoms. The Hall–Kier alpha value is -0.0400. The summed E-state index contributed by atoms with van der Waals surface area (Å²) in [5.74, 6) is 0.938. The molecule has 0 spiro atoms. The molecular formula is C13H27N. The van der Waals surface area contributed by atoms with E-state index in [-0.39, 0.29) is 0 Å². The average molecular weight is 197 g/mol. The molecule has 0 aliphatic heterocycles. The summed E-state index contributed by atoms with van der Waals surface area (Å²) in [4.78, 5) is 0. The van der Waals surface area contributed by atoms with Crippen molar-refractivity contribution in [2.75, 3.05) is 7.05 Å². The van der Waals surface area contributed by atoms with Crippen LogP contribution in [0.25, 0.3) is 0 Å². The largest absolute Gasteiger partial charge is 0.317 e. The minimum atomic E-state index is 0.612. The van der Waals surface area contributed by atoms with Crippen molar-refractivity contribution in [3.8, 4) is 0 Å². The quantitative estimate of drug-likeness (QED) is 0.726. The first kappa shape index (κ1) is 12.0. The van der Waals surface area contributed by atoms with Crippen LogP contribution in [0.1, 0.15) is 59.3 Å². The van der Waals surface area contributed by atoms with Gasteiger partial charge in [0, 0.05) is 6.04 Å². The molecular weight excluding hydrogens is 170 g/mol. The number of hydrogen-bond donors (Lipinski definition) is 1. The summed E-state index contributed by atoms with van der Waals surface area (Å²) in [6.07, 6.45) is 8.35. The van der Waals surface area contributed by atoms with Crippen LogP contribution in [0, 0.1) is 11.3 Å². The van der Waals surface area contributed by atoms with Crippen molar-refractivity contribution in [3.05, 3.63) is 0 Å². The van der Waals surface area contributed by atoms with Gasteiger partial charge in [-0.1, -0.05) is 27.2 Å². The molecule has 0 aromatic carbocycles. The summed E-state index contributed by atoms with van der Waals surface area (Å²) in [6.45, 7) is 7.12. The highest BCUT2D eigenvalue weighted by molar-refractivity contribution is 4.84. The molecule has 0 bridgehead atoms. The van der Waals surface area contributed by atoms with Crippen molar-refractivity contribution < 1.29 is 0 Å². The number of rotatable bonds is 4. The fourth-order valence-electron chi connectivity index (χ4n) is 2.75. The van der Waals surface area contributed by atoms with E-state index in [9.17, 15) is 0 Å². The first-order valence-corrected chi connectivity index (χ1v) is 6.26. The minimum Gasteiger partial charge on any atom is -0.317 e. The van der Waals surface area contributed by atoms with E-state index in [1.807, 2.05) is 0 Å². The van der Waals surface area contributed by atoms with Gasteiger partial charge in [0.25, 0.3) is 0 Å². The highest BCUT2D eigenvalue weighted by Gasteiger charge is 2.30. The molecule has 0 radical (unpaired) electrons. The minimum absolute atomic E-state index is 0.612. The third-order valence-electron chi connectivity index (χ3n) is 3.92. The fourth-order valence-corrected chi connectivity index (χ4v) is 2.75. The van der Waals surface area contributed by atoms with Gasteiger partial charge in [0.2, 0.25) is 0 Å². The van der Waals surface area contributed by atoms with Gasteiger partial charge in [0.15, 0.2) is 0 Å². The molecule has 0 saturated heterocycles. The Morgan fingerprint density at radius 3 is 2.29 bits per heavy atom. The zero-order valence-corrected chi connectivity index (χ0v) is 10.4. The summed E-state index contributed by atoms with van der Waals surface area (Å²) >= 11 is 0.